The number of amides is 1. The quantitative estimate of drug-likeness (QED) is 0.511. The van der Waals surface area contributed by atoms with Crippen molar-refractivity contribution >= 4 is 21.4 Å². The second kappa shape index (κ2) is 9.44. The fraction of sp³-hybridized carbons (Fsp3) is 0.381. The first-order valence-corrected chi connectivity index (χ1v) is 11.7. The van der Waals surface area contributed by atoms with Gasteiger partial charge in [0.15, 0.2) is 9.84 Å². The SMILES string of the molecule is COc1cccc(CN2CCC(NC(=O)c3cc([N+](=O)[O-])cc(S(C)(=O)=O)c3)CC2)c1. The number of nitro groups is 1. The summed E-state index contributed by atoms with van der Waals surface area (Å²) in [5, 5.41) is 14.0. The second-order valence-electron chi connectivity index (χ2n) is 7.62. The van der Waals surface area contributed by atoms with E-state index < -0.39 is 26.4 Å². The molecule has 0 aromatic heterocycles. The van der Waals surface area contributed by atoms with Crippen LogP contribution in [0.25, 0.3) is 0 Å². The largest absolute Gasteiger partial charge is 0.497 e. The zero-order chi connectivity index (χ0) is 22.6. The third-order valence-electron chi connectivity index (χ3n) is 5.26. The Hall–Kier alpha value is -2.98. The van der Waals surface area contributed by atoms with E-state index in [0.29, 0.717) is 0 Å². The molecule has 1 N–H and O–H groups in total. The van der Waals surface area contributed by atoms with E-state index in [1.54, 1.807) is 7.11 Å². The number of hydrogen-bond acceptors (Lipinski definition) is 7. The molecule has 1 amide bonds. The van der Waals surface area contributed by atoms with E-state index in [4.69, 9.17) is 4.74 Å². The molecule has 166 valence electrons. The Bertz CT molecular complexity index is 1080. The third kappa shape index (κ3) is 6.02. The van der Waals surface area contributed by atoms with Gasteiger partial charge in [-0.2, -0.15) is 0 Å². The van der Waals surface area contributed by atoms with Gasteiger partial charge in [0.1, 0.15) is 5.75 Å². The number of carbonyl (C=O) groups excluding carboxylic acids is 1. The highest BCUT2D eigenvalue weighted by Gasteiger charge is 2.24. The Morgan fingerprint density at radius 2 is 1.94 bits per heavy atom. The van der Waals surface area contributed by atoms with E-state index in [1.807, 2.05) is 24.3 Å². The number of piperidine rings is 1. The van der Waals surface area contributed by atoms with E-state index in [1.165, 1.54) is 6.07 Å². The van der Waals surface area contributed by atoms with E-state index in [2.05, 4.69) is 10.2 Å². The van der Waals surface area contributed by atoms with E-state index in [0.717, 1.165) is 62.2 Å². The van der Waals surface area contributed by atoms with Gasteiger partial charge in [-0.15, -0.1) is 0 Å². The summed E-state index contributed by atoms with van der Waals surface area (Å²) in [6.45, 7) is 2.35. The van der Waals surface area contributed by atoms with E-state index in [-0.39, 0.29) is 16.5 Å². The predicted molar refractivity (Wildman–Crippen MR) is 115 cm³/mol. The molecule has 1 aliphatic rings. The van der Waals surface area contributed by atoms with Crippen LogP contribution in [-0.4, -0.2) is 56.6 Å². The van der Waals surface area contributed by atoms with Crippen LogP contribution in [0.2, 0.25) is 0 Å². The van der Waals surface area contributed by atoms with Crippen LogP contribution in [-0.2, 0) is 16.4 Å². The van der Waals surface area contributed by atoms with Crippen molar-refractivity contribution in [2.45, 2.75) is 30.3 Å². The number of ether oxygens (including phenoxy) is 1. The molecule has 2 aromatic carbocycles. The molecule has 9 nitrogen and oxygen atoms in total. The Morgan fingerprint density at radius 1 is 1.23 bits per heavy atom. The maximum absolute atomic E-state index is 12.7. The van der Waals surface area contributed by atoms with Crippen LogP contribution in [0.3, 0.4) is 0 Å². The van der Waals surface area contributed by atoms with Crippen molar-refractivity contribution in [3.63, 3.8) is 0 Å². The summed E-state index contributed by atoms with van der Waals surface area (Å²) in [5.41, 5.74) is 0.682. The summed E-state index contributed by atoms with van der Waals surface area (Å²) in [4.78, 5) is 25.1. The molecule has 3 rings (SSSR count). The van der Waals surface area contributed by atoms with Crippen molar-refractivity contribution in [2.24, 2.45) is 0 Å². The van der Waals surface area contributed by atoms with Crippen LogP contribution >= 0.6 is 0 Å². The zero-order valence-electron chi connectivity index (χ0n) is 17.4. The highest BCUT2D eigenvalue weighted by atomic mass is 32.2. The van der Waals surface area contributed by atoms with Crippen LogP contribution in [0.1, 0.15) is 28.8 Å². The number of non-ortho nitro benzene ring substituents is 1. The molecule has 2 aromatic rings. The van der Waals surface area contributed by atoms with Crippen LogP contribution in [0.4, 0.5) is 5.69 Å². The lowest BCUT2D eigenvalue weighted by molar-refractivity contribution is -0.385. The van der Waals surface area contributed by atoms with Gasteiger partial charge < -0.3 is 10.1 Å². The number of hydrogen-bond donors (Lipinski definition) is 1. The summed E-state index contributed by atoms with van der Waals surface area (Å²) < 4.78 is 28.9. The lowest BCUT2D eigenvalue weighted by Gasteiger charge is -2.32. The molecule has 10 heteroatoms. The minimum Gasteiger partial charge on any atom is -0.497 e. The molecule has 0 radical (unpaired) electrons. The predicted octanol–water partition coefficient (Wildman–Crippen LogP) is 2.40. The van der Waals surface area contributed by atoms with Crippen LogP contribution in [0.5, 0.6) is 5.75 Å². The van der Waals surface area contributed by atoms with Crippen molar-refractivity contribution in [3.05, 3.63) is 63.7 Å². The standard InChI is InChI=1S/C21H25N3O6S/c1-30-19-5-3-4-15(10-19)14-23-8-6-17(7-9-23)22-21(25)16-11-18(24(26)27)13-20(12-16)31(2,28)29/h3-5,10-13,17H,6-9,14H2,1-2H3,(H,22,25). The lowest BCUT2D eigenvalue weighted by atomic mass is 10.0. The Labute approximate surface area is 181 Å². The summed E-state index contributed by atoms with van der Waals surface area (Å²) in [7, 11) is -2.06. The van der Waals surface area contributed by atoms with Gasteiger partial charge >= 0.3 is 0 Å². The number of carbonyl (C=O) groups is 1. The van der Waals surface area contributed by atoms with Crippen LogP contribution in [0, 0.1) is 10.1 Å². The van der Waals surface area contributed by atoms with Crippen molar-refractivity contribution in [1.82, 2.24) is 10.2 Å². The first kappa shape index (κ1) is 22.7. The summed E-state index contributed by atoms with van der Waals surface area (Å²) in [6.07, 6.45) is 2.40. The van der Waals surface area contributed by atoms with Gasteiger partial charge in [-0.25, -0.2) is 8.42 Å². The van der Waals surface area contributed by atoms with Gasteiger partial charge in [0.2, 0.25) is 0 Å². The monoisotopic (exact) mass is 447 g/mol. The number of nitrogens with zero attached hydrogens (tertiary/aromatic N) is 2. The smallest absolute Gasteiger partial charge is 0.271 e. The van der Waals surface area contributed by atoms with Gasteiger partial charge in [0.05, 0.1) is 16.9 Å². The minimum absolute atomic E-state index is 0.0339. The fourth-order valence-electron chi connectivity index (χ4n) is 3.57. The molecule has 1 heterocycles. The van der Waals surface area contributed by atoms with Crippen molar-refractivity contribution in [3.8, 4) is 5.75 Å². The van der Waals surface area contributed by atoms with Crippen LogP contribution in [0.15, 0.2) is 47.4 Å². The number of methoxy groups -OCH3 is 1. The molecule has 1 aliphatic heterocycles. The molecular formula is C21H25N3O6S. The van der Waals surface area contributed by atoms with Crippen molar-refractivity contribution in [2.75, 3.05) is 26.5 Å². The first-order valence-electron chi connectivity index (χ1n) is 9.81. The maximum atomic E-state index is 12.7. The second-order valence-corrected chi connectivity index (χ2v) is 9.64. The molecular weight excluding hydrogens is 422 g/mol. The van der Waals surface area contributed by atoms with Crippen molar-refractivity contribution in [1.29, 1.82) is 0 Å². The number of rotatable bonds is 7. The summed E-state index contributed by atoms with van der Waals surface area (Å²) in [5.74, 6) is 0.296. The molecule has 1 saturated heterocycles. The normalized spacial score (nSPS) is 15.4. The fourth-order valence-corrected chi connectivity index (χ4v) is 4.24. The van der Waals surface area contributed by atoms with Gasteiger partial charge in [-0.05, 0) is 36.6 Å². The maximum Gasteiger partial charge on any atom is 0.271 e. The topological polar surface area (TPSA) is 119 Å². The molecule has 0 aliphatic carbocycles. The van der Waals surface area contributed by atoms with Gasteiger partial charge in [0.25, 0.3) is 11.6 Å². The number of likely N-dealkylation sites (tertiary alicyclic amines) is 1. The molecule has 0 spiro atoms. The van der Waals surface area contributed by atoms with E-state index >= 15 is 0 Å². The Kier molecular flexibility index (Phi) is 6.91. The van der Waals surface area contributed by atoms with Gasteiger partial charge in [0, 0.05) is 49.6 Å². The average Bonchev–Trinajstić information content (AvgIpc) is 2.74. The van der Waals surface area contributed by atoms with Gasteiger partial charge in [-0.1, -0.05) is 12.1 Å². The molecule has 0 unspecified atom stereocenters. The number of benzene rings is 2. The molecule has 31 heavy (non-hydrogen) atoms. The molecule has 0 bridgehead atoms. The van der Waals surface area contributed by atoms with Crippen molar-refractivity contribution < 1.29 is 22.9 Å². The Balaban J connectivity index is 1.62. The zero-order valence-corrected chi connectivity index (χ0v) is 18.2. The average molecular weight is 448 g/mol. The molecule has 1 fully saturated rings. The molecule has 0 atom stereocenters. The number of nitrogens with one attached hydrogen (secondary N) is 1. The number of sulfone groups is 1. The third-order valence-corrected chi connectivity index (χ3v) is 6.35. The minimum atomic E-state index is -3.69. The Morgan fingerprint density at radius 3 is 2.55 bits per heavy atom. The van der Waals surface area contributed by atoms with Crippen LogP contribution < -0.4 is 10.1 Å². The first-order chi connectivity index (χ1) is 14.7. The highest BCUT2D eigenvalue weighted by molar-refractivity contribution is 7.90. The van der Waals surface area contributed by atoms with Gasteiger partial charge in [-0.3, -0.25) is 19.8 Å². The lowest BCUT2D eigenvalue weighted by Crippen LogP contribution is -2.44. The summed E-state index contributed by atoms with van der Waals surface area (Å²) >= 11 is 0. The van der Waals surface area contributed by atoms with E-state index in [9.17, 15) is 23.3 Å². The molecule has 0 saturated carbocycles. The highest BCUT2D eigenvalue weighted by Crippen LogP contribution is 2.22. The number of nitro benzene ring substituents is 1. The summed E-state index contributed by atoms with van der Waals surface area (Å²) in [6, 6.07) is 11.0.